The van der Waals surface area contributed by atoms with E-state index in [2.05, 4.69) is 21.3 Å². The first-order chi connectivity index (χ1) is 14.5. The van der Waals surface area contributed by atoms with Crippen LogP contribution in [0.1, 0.15) is 24.8 Å². The number of aromatic nitrogens is 1. The van der Waals surface area contributed by atoms with Gasteiger partial charge in [0.2, 0.25) is 11.8 Å². The van der Waals surface area contributed by atoms with Crippen molar-refractivity contribution in [1.82, 2.24) is 9.88 Å². The number of halogens is 1. The summed E-state index contributed by atoms with van der Waals surface area (Å²) in [5, 5.41) is 12.3. The van der Waals surface area contributed by atoms with Crippen LogP contribution in [0.5, 0.6) is 0 Å². The summed E-state index contributed by atoms with van der Waals surface area (Å²) in [5.41, 5.74) is 1.38. The lowest BCUT2D eigenvalue weighted by atomic mass is 9.95. The average Bonchev–Trinajstić information content (AvgIpc) is 3.16. The monoisotopic (exact) mass is 423 g/mol. The lowest BCUT2D eigenvalue weighted by molar-refractivity contribution is -0.126. The summed E-state index contributed by atoms with van der Waals surface area (Å²) in [4.78, 5) is 33.8. The fourth-order valence-corrected chi connectivity index (χ4v) is 4.27. The fourth-order valence-electron chi connectivity index (χ4n) is 4.16. The first kappa shape index (κ1) is 20.3. The molecule has 2 saturated heterocycles. The summed E-state index contributed by atoms with van der Waals surface area (Å²) in [6.45, 7) is 2.00. The molecule has 0 bridgehead atoms. The molecule has 2 aliphatic rings. The van der Waals surface area contributed by atoms with Crippen molar-refractivity contribution in [1.29, 1.82) is 5.26 Å². The van der Waals surface area contributed by atoms with Crippen molar-refractivity contribution >= 4 is 34.9 Å². The number of carbonyl (C=O) groups is 2. The van der Waals surface area contributed by atoms with E-state index in [1.807, 2.05) is 12.1 Å². The van der Waals surface area contributed by atoms with Crippen LogP contribution in [0.2, 0.25) is 5.02 Å². The SMILES string of the molecule is N#Cc1ccc(N2CCC(N3CCCC(C(=O)Nc4ccc(Cl)cn4)C3)C2=O)cc1. The smallest absolute Gasteiger partial charge is 0.244 e. The molecule has 2 atom stereocenters. The second kappa shape index (κ2) is 8.82. The van der Waals surface area contributed by atoms with Crippen LogP contribution < -0.4 is 10.2 Å². The second-order valence-electron chi connectivity index (χ2n) is 7.64. The number of piperidine rings is 1. The Hall–Kier alpha value is -2.95. The maximum atomic E-state index is 13.1. The minimum Gasteiger partial charge on any atom is -0.311 e. The van der Waals surface area contributed by atoms with E-state index in [4.69, 9.17) is 16.9 Å². The molecule has 1 N–H and O–H groups in total. The Morgan fingerprint density at radius 1 is 1.17 bits per heavy atom. The molecule has 0 radical (unpaired) electrons. The molecule has 1 aromatic carbocycles. The molecule has 0 aliphatic carbocycles. The zero-order chi connectivity index (χ0) is 21.1. The summed E-state index contributed by atoms with van der Waals surface area (Å²) >= 11 is 5.84. The highest BCUT2D eigenvalue weighted by molar-refractivity contribution is 6.30. The van der Waals surface area contributed by atoms with Gasteiger partial charge in [-0.15, -0.1) is 0 Å². The van der Waals surface area contributed by atoms with Crippen LogP contribution in [0.15, 0.2) is 42.6 Å². The van der Waals surface area contributed by atoms with Crippen LogP contribution in [-0.2, 0) is 9.59 Å². The number of benzene rings is 1. The standard InChI is InChI=1S/C22H22ClN5O2/c23-17-5-8-20(25-13-17)26-21(29)16-2-1-10-27(14-16)19-9-11-28(22(19)30)18-6-3-15(12-24)4-7-18/h3-8,13,16,19H,1-2,9-11,14H2,(H,25,26,29). The summed E-state index contributed by atoms with van der Waals surface area (Å²) in [7, 11) is 0. The van der Waals surface area contributed by atoms with Crippen LogP contribution in [-0.4, -0.2) is 47.4 Å². The molecule has 30 heavy (non-hydrogen) atoms. The van der Waals surface area contributed by atoms with E-state index in [1.165, 1.54) is 6.20 Å². The van der Waals surface area contributed by atoms with Gasteiger partial charge in [-0.05, 0) is 62.2 Å². The van der Waals surface area contributed by atoms with Crippen molar-refractivity contribution in [2.45, 2.75) is 25.3 Å². The van der Waals surface area contributed by atoms with Crippen molar-refractivity contribution in [2.24, 2.45) is 5.92 Å². The molecule has 2 aliphatic heterocycles. The van der Waals surface area contributed by atoms with Crippen molar-refractivity contribution in [3.8, 4) is 6.07 Å². The minimum absolute atomic E-state index is 0.0557. The third-order valence-corrected chi connectivity index (χ3v) is 5.95. The van der Waals surface area contributed by atoms with Crippen LogP contribution >= 0.6 is 11.6 Å². The predicted molar refractivity (Wildman–Crippen MR) is 114 cm³/mol. The maximum Gasteiger partial charge on any atom is 0.244 e. The van der Waals surface area contributed by atoms with Gasteiger partial charge in [-0.1, -0.05) is 11.6 Å². The predicted octanol–water partition coefficient (Wildman–Crippen LogP) is 3.06. The van der Waals surface area contributed by atoms with Crippen molar-refractivity contribution < 1.29 is 9.59 Å². The van der Waals surface area contributed by atoms with Crippen molar-refractivity contribution in [2.75, 3.05) is 29.9 Å². The van der Waals surface area contributed by atoms with E-state index in [1.54, 1.807) is 29.2 Å². The molecule has 0 spiro atoms. The number of nitrogens with zero attached hydrogens (tertiary/aromatic N) is 4. The normalized spacial score (nSPS) is 22.0. The van der Waals surface area contributed by atoms with Crippen molar-refractivity contribution in [3.63, 3.8) is 0 Å². The molecule has 0 saturated carbocycles. The van der Waals surface area contributed by atoms with Gasteiger partial charge >= 0.3 is 0 Å². The van der Waals surface area contributed by atoms with Gasteiger partial charge in [0.1, 0.15) is 5.82 Å². The van der Waals surface area contributed by atoms with Gasteiger partial charge in [0.05, 0.1) is 28.6 Å². The Bertz CT molecular complexity index is 971. The average molecular weight is 424 g/mol. The van der Waals surface area contributed by atoms with Crippen LogP contribution in [0, 0.1) is 17.2 Å². The maximum absolute atomic E-state index is 13.1. The summed E-state index contributed by atoms with van der Waals surface area (Å²) < 4.78 is 0. The molecule has 154 valence electrons. The molecule has 8 heteroatoms. The topological polar surface area (TPSA) is 89.3 Å². The van der Waals surface area contributed by atoms with Gasteiger partial charge in [0.25, 0.3) is 0 Å². The lowest BCUT2D eigenvalue weighted by Gasteiger charge is -2.35. The molecular formula is C22H22ClN5O2. The van der Waals surface area contributed by atoms with Gasteiger partial charge in [0.15, 0.2) is 0 Å². The number of rotatable bonds is 4. The molecule has 3 heterocycles. The van der Waals surface area contributed by atoms with E-state index in [0.717, 1.165) is 31.5 Å². The van der Waals surface area contributed by atoms with Gasteiger partial charge in [-0.25, -0.2) is 4.98 Å². The van der Waals surface area contributed by atoms with Gasteiger partial charge in [0, 0.05) is 25.0 Å². The molecule has 2 aromatic rings. The highest BCUT2D eigenvalue weighted by atomic mass is 35.5. The second-order valence-corrected chi connectivity index (χ2v) is 8.07. The van der Waals surface area contributed by atoms with E-state index in [0.29, 0.717) is 29.5 Å². The highest BCUT2D eigenvalue weighted by Gasteiger charge is 2.39. The number of pyridine rings is 1. The number of nitriles is 1. The molecule has 2 fully saturated rings. The molecule has 1 aromatic heterocycles. The van der Waals surface area contributed by atoms with Crippen molar-refractivity contribution in [3.05, 3.63) is 53.2 Å². The van der Waals surface area contributed by atoms with E-state index < -0.39 is 0 Å². The third-order valence-electron chi connectivity index (χ3n) is 5.73. The Balaban J connectivity index is 1.39. The largest absolute Gasteiger partial charge is 0.311 e. The number of amides is 2. The number of likely N-dealkylation sites (tertiary alicyclic amines) is 1. The molecule has 4 rings (SSSR count). The van der Waals surface area contributed by atoms with Gasteiger partial charge in [-0.2, -0.15) is 5.26 Å². The Morgan fingerprint density at radius 2 is 1.97 bits per heavy atom. The molecular weight excluding hydrogens is 402 g/mol. The molecule has 7 nitrogen and oxygen atoms in total. The zero-order valence-electron chi connectivity index (χ0n) is 16.4. The summed E-state index contributed by atoms with van der Waals surface area (Å²) in [6, 6.07) is 12.3. The first-order valence-electron chi connectivity index (χ1n) is 10.0. The fraction of sp³-hybridized carbons (Fsp3) is 0.364. The van der Waals surface area contributed by atoms with E-state index >= 15 is 0 Å². The summed E-state index contributed by atoms with van der Waals surface area (Å²) in [5.74, 6) is 0.266. The van der Waals surface area contributed by atoms with E-state index in [9.17, 15) is 9.59 Å². The quantitative estimate of drug-likeness (QED) is 0.816. The summed E-state index contributed by atoms with van der Waals surface area (Å²) in [6.07, 6.45) is 3.88. The van der Waals surface area contributed by atoms with Crippen LogP contribution in [0.4, 0.5) is 11.5 Å². The third kappa shape index (κ3) is 4.30. The van der Waals surface area contributed by atoms with E-state index in [-0.39, 0.29) is 23.8 Å². The Kier molecular flexibility index (Phi) is 5.98. The number of hydrogen-bond acceptors (Lipinski definition) is 5. The number of carbonyl (C=O) groups excluding carboxylic acids is 2. The van der Waals surface area contributed by atoms with Gasteiger partial charge < -0.3 is 10.2 Å². The Labute approximate surface area is 180 Å². The highest BCUT2D eigenvalue weighted by Crippen LogP contribution is 2.28. The number of hydrogen-bond donors (Lipinski definition) is 1. The Morgan fingerprint density at radius 3 is 2.67 bits per heavy atom. The lowest BCUT2D eigenvalue weighted by Crippen LogP contribution is -2.49. The molecule has 2 amide bonds. The number of anilines is 2. The zero-order valence-corrected chi connectivity index (χ0v) is 17.2. The minimum atomic E-state index is -0.218. The number of nitrogens with one attached hydrogen (secondary N) is 1. The first-order valence-corrected chi connectivity index (χ1v) is 10.4. The van der Waals surface area contributed by atoms with Gasteiger partial charge in [-0.3, -0.25) is 14.5 Å². The van der Waals surface area contributed by atoms with Crippen LogP contribution in [0.3, 0.4) is 0 Å². The molecule has 2 unspecified atom stereocenters. The van der Waals surface area contributed by atoms with Crippen LogP contribution in [0.25, 0.3) is 0 Å².